The first-order valence-corrected chi connectivity index (χ1v) is 13.7. The van der Waals surface area contributed by atoms with Crippen molar-refractivity contribution in [2.45, 2.75) is 13.5 Å². The molecule has 1 saturated heterocycles. The molecule has 0 bridgehead atoms. The van der Waals surface area contributed by atoms with Crippen molar-refractivity contribution in [2.75, 3.05) is 11.9 Å². The number of benzene rings is 4. The molecular formula is C30H23Br2N3O4. The maximum absolute atomic E-state index is 12.9. The van der Waals surface area contributed by atoms with Crippen LogP contribution in [-0.2, 0) is 16.2 Å². The number of rotatable bonds is 7. The first-order valence-electron chi connectivity index (χ1n) is 12.1. The number of amides is 4. The van der Waals surface area contributed by atoms with Crippen molar-refractivity contribution in [2.24, 2.45) is 0 Å². The van der Waals surface area contributed by atoms with E-state index in [2.05, 4.69) is 66.8 Å². The van der Waals surface area contributed by atoms with Gasteiger partial charge in [-0.25, -0.2) is 9.69 Å². The average molecular weight is 649 g/mol. The normalized spacial score (nSPS) is 14.1. The van der Waals surface area contributed by atoms with Crippen molar-refractivity contribution in [1.29, 1.82) is 0 Å². The number of imide groups is 1. The minimum atomic E-state index is -0.654. The molecule has 7 nitrogen and oxygen atoms in total. The third-order valence-corrected chi connectivity index (χ3v) is 7.27. The molecule has 4 aromatic carbocycles. The lowest BCUT2D eigenvalue weighted by molar-refractivity contribution is -0.127. The summed E-state index contributed by atoms with van der Waals surface area (Å²) in [5, 5.41) is 7.57. The number of aryl methyl sites for hydroxylation is 1. The summed E-state index contributed by atoms with van der Waals surface area (Å²) in [5.74, 6) is -0.437. The summed E-state index contributed by atoms with van der Waals surface area (Å²) in [6.07, 6.45) is 1.56. The molecule has 0 spiro atoms. The molecule has 2 N–H and O–H groups in total. The molecule has 39 heavy (non-hydrogen) atoms. The van der Waals surface area contributed by atoms with Gasteiger partial charge in [0.1, 0.15) is 24.6 Å². The highest BCUT2D eigenvalue weighted by atomic mass is 79.9. The second-order valence-corrected chi connectivity index (χ2v) is 10.8. The van der Waals surface area contributed by atoms with Gasteiger partial charge < -0.3 is 15.4 Å². The number of ether oxygens (including phenoxy) is 1. The second kappa shape index (κ2) is 11.4. The Morgan fingerprint density at radius 1 is 0.949 bits per heavy atom. The minimum absolute atomic E-state index is 0.0759. The van der Waals surface area contributed by atoms with E-state index in [0.29, 0.717) is 32.6 Å². The fraction of sp³-hybridized carbons (Fsp3) is 0.100. The molecule has 4 amide bonds. The zero-order valence-electron chi connectivity index (χ0n) is 20.8. The van der Waals surface area contributed by atoms with Crippen LogP contribution in [0.2, 0.25) is 0 Å². The third-order valence-electron chi connectivity index (χ3n) is 6.09. The molecule has 0 aromatic heterocycles. The molecule has 196 valence electrons. The number of nitrogens with zero attached hydrogens (tertiary/aromatic N) is 1. The average Bonchev–Trinajstić information content (AvgIpc) is 3.15. The van der Waals surface area contributed by atoms with Crippen LogP contribution < -0.4 is 15.4 Å². The zero-order valence-corrected chi connectivity index (χ0v) is 24.0. The van der Waals surface area contributed by atoms with E-state index in [9.17, 15) is 14.4 Å². The lowest BCUT2D eigenvalue weighted by atomic mass is 10.1. The van der Waals surface area contributed by atoms with Crippen LogP contribution in [0.4, 0.5) is 10.5 Å². The van der Waals surface area contributed by atoms with E-state index in [1.165, 1.54) is 5.39 Å². The van der Waals surface area contributed by atoms with Crippen LogP contribution in [0.15, 0.2) is 93.5 Å². The topological polar surface area (TPSA) is 87.7 Å². The summed E-state index contributed by atoms with van der Waals surface area (Å²) in [6, 6.07) is 24.5. The Hall–Kier alpha value is -3.95. The highest BCUT2D eigenvalue weighted by Gasteiger charge is 2.35. The van der Waals surface area contributed by atoms with E-state index < -0.39 is 24.4 Å². The van der Waals surface area contributed by atoms with E-state index in [1.807, 2.05) is 37.3 Å². The Balaban J connectivity index is 1.26. The Morgan fingerprint density at radius 3 is 2.44 bits per heavy atom. The number of urea groups is 1. The molecule has 0 radical (unpaired) electrons. The lowest BCUT2D eigenvalue weighted by Crippen LogP contribution is -2.38. The summed E-state index contributed by atoms with van der Waals surface area (Å²) in [5.41, 5.74) is 3.34. The van der Waals surface area contributed by atoms with E-state index in [-0.39, 0.29) is 5.70 Å². The van der Waals surface area contributed by atoms with Crippen molar-refractivity contribution in [3.8, 4) is 5.75 Å². The number of halogens is 2. The third kappa shape index (κ3) is 6.21. The van der Waals surface area contributed by atoms with Crippen molar-refractivity contribution < 1.29 is 19.1 Å². The van der Waals surface area contributed by atoms with Gasteiger partial charge in [0.05, 0.1) is 8.95 Å². The maximum Gasteiger partial charge on any atom is 0.329 e. The van der Waals surface area contributed by atoms with E-state index in [0.717, 1.165) is 21.4 Å². The smallest absolute Gasteiger partial charge is 0.329 e. The highest BCUT2D eigenvalue weighted by molar-refractivity contribution is 9.11. The van der Waals surface area contributed by atoms with Crippen LogP contribution in [-0.4, -0.2) is 29.3 Å². The van der Waals surface area contributed by atoms with Crippen LogP contribution in [0.3, 0.4) is 0 Å². The summed E-state index contributed by atoms with van der Waals surface area (Å²) in [6.45, 7) is 1.88. The van der Waals surface area contributed by atoms with Gasteiger partial charge in [0.2, 0.25) is 5.91 Å². The Morgan fingerprint density at radius 2 is 1.69 bits per heavy atom. The molecule has 1 fully saturated rings. The van der Waals surface area contributed by atoms with Gasteiger partial charge in [-0.3, -0.25) is 9.59 Å². The van der Waals surface area contributed by atoms with Gasteiger partial charge in [-0.05, 0) is 103 Å². The van der Waals surface area contributed by atoms with E-state index in [4.69, 9.17) is 4.74 Å². The van der Waals surface area contributed by atoms with Gasteiger partial charge in [-0.2, -0.15) is 0 Å². The SMILES string of the molecule is Cc1cccc(NC(=O)CN2C(=O)N/C(=C/c3cc(Br)c(OCc4ccc5ccccc5c4)c(Br)c3)C2=O)c1. The Labute approximate surface area is 242 Å². The largest absolute Gasteiger partial charge is 0.487 e. The molecule has 0 saturated carbocycles. The lowest BCUT2D eigenvalue weighted by Gasteiger charge is -2.12. The minimum Gasteiger partial charge on any atom is -0.487 e. The van der Waals surface area contributed by atoms with E-state index in [1.54, 1.807) is 30.3 Å². The van der Waals surface area contributed by atoms with Crippen molar-refractivity contribution in [3.63, 3.8) is 0 Å². The number of carbonyl (C=O) groups excluding carboxylic acids is 3. The van der Waals surface area contributed by atoms with Gasteiger partial charge in [0.25, 0.3) is 5.91 Å². The molecule has 0 atom stereocenters. The predicted octanol–water partition coefficient (Wildman–Crippen LogP) is 6.78. The Bertz CT molecular complexity index is 1630. The molecule has 0 unspecified atom stereocenters. The number of fused-ring (bicyclic) bond motifs is 1. The van der Waals surface area contributed by atoms with Crippen LogP contribution in [0.1, 0.15) is 16.7 Å². The summed E-state index contributed by atoms with van der Waals surface area (Å²) < 4.78 is 7.43. The number of anilines is 1. The van der Waals surface area contributed by atoms with Gasteiger partial charge in [-0.15, -0.1) is 0 Å². The Kier molecular flexibility index (Phi) is 7.81. The van der Waals surface area contributed by atoms with Crippen LogP contribution in [0.5, 0.6) is 5.75 Å². The monoisotopic (exact) mass is 647 g/mol. The quantitative estimate of drug-likeness (QED) is 0.171. The second-order valence-electron chi connectivity index (χ2n) is 9.08. The summed E-state index contributed by atoms with van der Waals surface area (Å²) in [4.78, 5) is 38.7. The number of hydrogen-bond acceptors (Lipinski definition) is 4. The first kappa shape index (κ1) is 26.6. The highest BCUT2D eigenvalue weighted by Crippen LogP contribution is 2.36. The number of hydrogen-bond donors (Lipinski definition) is 2. The summed E-state index contributed by atoms with van der Waals surface area (Å²) in [7, 11) is 0. The van der Waals surface area contributed by atoms with Crippen LogP contribution >= 0.6 is 31.9 Å². The molecular weight excluding hydrogens is 626 g/mol. The maximum atomic E-state index is 12.9. The molecule has 1 heterocycles. The predicted molar refractivity (Wildman–Crippen MR) is 158 cm³/mol. The standard InChI is InChI=1S/C30H23Br2N3O4/c1-18-5-4-8-23(11-18)33-27(36)16-35-29(37)26(34-30(35)38)15-20-13-24(31)28(25(32)14-20)39-17-19-9-10-21-6-2-3-7-22(21)12-19/h2-15H,16-17H2,1H3,(H,33,36)(H,34,38)/b26-15+. The molecule has 9 heteroatoms. The first-order chi connectivity index (χ1) is 18.8. The zero-order chi connectivity index (χ0) is 27.5. The van der Waals surface area contributed by atoms with Gasteiger partial charge >= 0.3 is 6.03 Å². The van der Waals surface area contributed by atoms with Crippen molar-refractivity contribution in [3.05, 3.63) is 110 Å². The number of carbonyl (C=O) groups is 3. The van der Waals surface area contributed by atoms with Gasteiger partial charge in [0.15, 0.2) is 0 Å². The van der Waals surface area contributed by atoms with Gasteiger partial charge in [-0.1, -0.05) is 48.5 Å². The van der Waals surface area contributed by atoms with Crippen molar-refractivity contribution >= 4 is 72.2 Å². The van der Waals surface area contributed by atoms with Crippen molar-refractivity contribution in [1.82, 2.24) is 10.2 Å². The van der Waals surface area contributed by atoms with Crippen LogP contribution in [0, 0.1) is 6.92 Å². The van der Waals surface area contributed by atoms with Crippen LogP contribution in [0.25, 0.3) is 16.8 Å². The fourth-order valence-electron chi connectivity index (χ4n) is 4.23. The molecule has 0 aliphatic carbocycles. The molecule has 1 aliphatic rings. The number of nitrogens with one attached hydrogen (secondary N) is 2. The van der Waals surface area contributed by atoms with Gasteiger partial charge in [0, 0.05) is 5.69 Å². The molecule has 1 aliphatic heterocycles. The molecule has 4 aromatic rings. The molecule has 5 rings (SSSR count). The van der Waals surface area contributed by atoms with E-state index >= 15 is 0 Å². The fourth-order valence-corrected chi connectivity index (χ4v) is 5.68. The summed E-state index contributed by atoms with van der Waals surface area (Å²) >= 11 is 7.10.